The van der Waals surface area contributed by atoms with Gasteiger partial charge in [-0.15, -0.1) is 12.3 Å². The molecule has 0 saturated heterocycles. The van der Waals surface area contributed by atoms with E-state index in [1.54, 1.807) is 12.4 Å². The molecular formula is C11H13BrN2. The number of halogens is 1. The third-order valence-electron chi connectivity index (χ3n) is 1.99. The van der Waals surface area contributed by atoms with Crippen molar-refractivity contribution in [3.8, 4) is 12.3 Å². The van der Waals surface area contributed by atoms with Gasteiger partial charge in [0.15, 0.2) is 0 Å². The van der Waals surface area contributed by atoms with Gasteiger partial charge in [0, 0.05) is 24.9 Å². The summed E-state index contributed by atoms with van der Waals surface area (Å²) in [7, 11) is 0. The maximum atomic E-state index is 5.28. The van der Waals surface area contributed by atoms with E-state index in [0.29, 0.717) is 6.04 Å². The van der Waals surface area contributed by atoms with Crippen LogP contribution in [-0.4, -0.2) is 11.0 Å². The Balaban J connectivity index is 2.68. The Morgan fingerprint density at radius 2 is 2.50 bits per heavy atom. The van der Waals surface area contributed by atoms with Crippen molar-refractivity contribution in [3.05, 3.63) is 22.9 Å². The van der Waals surface area contributed by atoms with Crippen LogP contribution in [0.2, 0.25) is 0 Å². The summed E-state index contributed by atoms with van der Waals surface area (Å²) in [6.07, 6.45) is 10.6. The highest BCUT2D eigenvalue weighted by Crippen LogP contribution is 2.21. The van der Waals surface area contributed by atoms with Crippen LogP contribution in [0.1, 0.15) is 19.8 Å². The molecule has 1 N–H and O–H groups in total. The van der Waals surface area contributed by atoms with E-state index in [2.05, 4.69) is 39.1 Å². The summed E-state index contributed by atoms with van der Waals surface area (Å²) in [5.74, 6) is 2.66. The maximum Gasteiger partial charge on any atom is 0.0590 e. The van der Waals surface area contributed by atoms with Crippen LogP contribution in [0, 0.1) is 12.3 Å². The molecule has 0 aliphatic heterocycles. The lowest BCUT2D eigenvalue weighted by Gasteiger charge is -2.16. The number of pyridine rings is 1. The van der Waals surface area contributed by atoms with Crippen molar-refractivity contribution in [2.45, 2.75) is 25.8 Å². The monoisotopic (exact) mass is 252 g/mol. The number of terminal acetylenes is 1. The average molecular weight is 253 g/mol. The highest BCUT2D eigenvalue weighted by molar-refractivity contribution is 9.10. The van der Waals surface area contributed by atoms with E-state index in [-0.39, 0.29) is 0 Å². The second-order valence-corrected chi connectivity index (χ2v) is 3.87. The number of anilines is 1. The first-order chi connectivity index (χ1) is 6.77. The minimum Gasteiger partial charge on any atom is -0.380 e. The Morgan fingerprint density at radius 3 is 3.07 bits per heavy atom. The minimum absolute atomic E-state index is 0.332. The fourth-order valence-corrected chi connectivity index (χ4v) is 1.52. The molecule has 0 amide bonds. The lowest BCUT2D eigenvalue weighted by molar-refractivity contribution is 0.715. The summed E-state index contributed by atoms with van der Waals surface area (Å²) >= 11 is 3.43. The quantitative estimate of drug-likeness (QED) is 0.834. The first kappa shape index (κ1) is 11.1. The molecule has 0 aliphatic carbocycles. The Hall–Kier alpha value is -1.01. The molecular weight excluding hydrogens is 240 g/mol. The summed E-state index contributed by atoms with van der Waals surface area (Å²) < 4.78 is 0.968. The molecule has 0 spiro atoms. The summed E-state index contributed by atoms with van der Waals surface area (Å²) in [5, 5.41) is 3.37. The largest absolute Gasteiger partial charge is 0.380 e. The van der Waals surface area contributed by atoms with Crippen molar-refractivity contribution >= 4 is 21.6 Å². The maximum absolute atomic E-state index is 5.28. The minimum atomic E-state index is 0.332. The van der Waals surface area contributed by atoms with Crippen molar-refractivity contribution in [2.24, 2.45) is 0 Å². The summed E-state index contributed by atoms with van der Waals surface area (Å²) in [5.41, 5.74) is 1.04. The number of hydrogen-bond donors (Lipinski definition) is 1. The fourth-order valence-electron chi connectivity index (χ4n) is 1.15. The second kappa shape index (κ2) is 5.66. The number of aromatic nitrogens is 1. The molecule has 0 bridgehead atoms. The zero-order valence-corrected chi connectivity index (χ0v) is 9.71. The highest BCUT2D eigenvalue weighted by atomic mass is 79.9. The molecule has 1 rings (SSSR count). The molecule has 0 aromatic carbocycles. The van der Waals surface area contributed by atoms with Crippen LogP contribution < -0.4 is 5.32 Å². The molecule has 0 aliphatic rings. The number of nitrogens with zero attached hydrogens (tertiary/aromatic N) is 1. The average Bonchev–Trinajstić information content (AvgIpc) is 2.20. The third kappa shape index (κ3) is 3.04. The van der Waals surface area contributed by atoms with Crippen molar-refractivity contribution in [1.29, 1.82) is 0 Å². The first-order valence-electron chi connectivity index (χ1n) is 4.57. The zero-order chi connectivity index (χ0) is 10.4. The Kier molecular flexibility index (Phi) is 4.48. The van der Waals surface area contributed by atoms with Crippen LogP contribution in [0.25, 0.3) is 0 Å². The first-order valence-corrected chi connectivity index (χ1v) is 5.36. The second-order valence-electron chi connectivity index (χ2n) is 3.01. The molecule has 1 aromatic heterocycles. The van der Waals surface area contributed by atoms with E-state index < -0.39 is 0 Å². The van der Waals surface area contributed by atoms with Crippen molar-refractivity contribution in [2.75, 3.05) is 5.32 Å². The molecule has 3 heteroatoms. The molecule has 2 nitrogen and oxygen atoms in total. The van der Waals surface area contributed by atoms with Crippen LogP contribution >= 0.6 is 15.9 Å². The van der Waals surface area contributed by atoms with Crippen LogP contribution in [0.3, 0.4) is 0 Å². The van der Waals surface area contributed by atoms with Crippen LogP contribution in [-0.2, 0) is 0 Å². The van der Waals surface area contributed by atoms with E-state index in [1.807, 2.05) is 6.07 Å². The Morgan fingerprint density at radius 1 is 1.71 bits per heavy atom. The number of nitrogens with one attached hydrogen (secondary N) is 1. The predicted octanol–water partition coefficient (Wildman–Crippen LogP) is 3.06. The Bertz CT molecular complexity index is 330. The van der Waals surface area contributed by atoms with E-state index >= 15 is 0 Å². The van der Waals surface area contributed by atoms with Gasteiger partial charge in [0.1, 0.15) is 0 Å². The SMILES string of the molecule is C#CCC(CC)Nc1ccncc1Br. The molecule has 0 saturated carbocycles. The number of rotatable bonds is 4. The smallest absolute Gasteiger partial charge is 0.0590 e. The third-order valence-corrected chi connectivity index (χ3v) is 2.62. The molecule has 1 unspecified atom stereocenters. The number of hydrogen-bond acceptors (Lipinski definition) is 2. The predicted molar refractivity (Wildman–Crippen MR) is 63.1 cm³/mol. The van der Waals surface area contributed by atoms with Gasteiger partial charge in [0.25, 0.3) is 0 Å². The topological polar surface area (TPSA) is 24.9 Å². The van der Waals surface area contributed by atoms with Crippen molar-refractivity contribution < 1.29 is 0 Å². The summed E-state index contributed by atoms with van der Waals surface area (Å²) in [6, 6.07) is 2.27. The lowest BCUT2D eigenvalue weighted by atomic mass is 10.1. The fraction of sp³-hybridized carbons (Fsp3) is 0.364. The van der Waals surface area contributed by atoms with Gasteiger partial charge in [-0.3, -0.25) is 4.98 Å². The molecule has 0 fully saturated rings. The Labute approximate surface area is 93.3 Å². The van der Waals surface area contributed by atoms with Gasteiger partial charge >= 0.3 is 0 Å². The zero-order valence-electron chi connectivity index (χ0n) is 8.13. The van der Waals surface area contributed by atoms with Gasteiger partial charge in [0.05, 0.1) is 10.2 Å². The van der Waals surface area contributed by atoms with E-state index in [9.17, 15) is 0 Å². The van der Waals surface area contributed by atoms with Gasteiger partial charge in [-0.25, -0.2) is 0 Å². The normalized spacial score (nSPS) is 11.8. The standard InChI is InChI=1S/C11H13BrN2/c1-3-5-9(4-2)14-11-6-7-13-8-10(11)12/h1,6-9H,4-5H2,2H3,(H,13,14). The van der Waals surface area contributed by atoms with E-state index in [4.69, 9.17) is 6.42 Å². The van der Waals surface area contributed by atoms with E-state index in [1.165, 1.54) is 0 Å². The highest BCUT2D eigenvalue weighted by Gasteiger charge is 2.05. The van der Waals surface area contributed by atoms with Crippen LogP contribution in [0.5, 0.6) is 0 Å². The van der Waals surface area contributed by atoms with Gasteiger partial charge in [-0.05, 0) is 28.4 Å². The molecule has 1 heterocycles. The van der Waals surface area contributed by atoms with E-state index in [0.717, 1.165) is 23.0 Å². The van der Waals surface area contributed by atoms with Crippen LogP contribution in [0.15, 0.2) is 22.9 Å². The summed E-state index contributed by atoms with van der Waals surface area (Å²) in [6.45, 7) is 2.12. The summed E-state index contributed by atoms with van der Waals surface area (Å²) in [4.78, 5) is 4.00. The van der Waals surface area contributed by atoms with Crippen molar-refractivity contribution in [3.63, 3.8) is 0 Å². The van der Waals surface area contributed by atoms with Gasteiger partial charge in [-0.2, -0.15) is 0 Å². The van der Waals surface area contributed by atoms with Crippen molar-refractivity contribution in [1.82, 2.24) is 4.98 Å². The van der Waals surface area contributed by atoms with Crippen LogP contribution in [0.4, 0.5) is 5.69 Å². The van der Waals surface area contributed by atoms with Gasteiger partial charge in [-0.1, -0.05) is 6.92 Å². The molecule has 0 radical (unpaired) electrons. The molecule has 1 atom stereocenters. The lowest BCUT2D eigenvalue weighted by Crippen LogP contribution is -2.17. The van der Waals surface area contributed by atoms with Gasteiger partial charge in [0.2, 0.25) is 0 Å². The molecule has 1 aromatic rings. The molecule has 14 heavy (non-hydrogen) atoms. The van der Waals surface area contributed by atoms with Gasteiger partial charge < -0.3 is 5.32 Å². The molecule has 74 valence electrons.